The fourth-order valence-electron chi connectivity index (χ4n) is 8.32. The molecule has 3 aliphatic rings. The molecular weight excluding hydrogens is 851 g/mol. The molecule has 2 saturated heterocycles. The van der Waals surface area contributed by atoms with Crippen LogP contribution in [-0.2, 0) is 48.8 Å². The highest BCUT2D eigenvalue weighted by Crippen LogP contribution is 2.48. The lowest BCUT2D eigenvalue weighted by Gasteiger charge is -2.46. The zero-order valence-corrected chi connectivity index (χ0v) is 34.5. The molecule has 9 nitrogen and oxygen atoms in total. The van der Waals surface area contributed by atoms with E-state index in [4.69, 9.17) is 42.5 Å². The van der Waals surface area contributed by atoms with Gasteiger partial charge in [-0.05, 0) is 85.8 Å². The van der Waals surface area contributed by atoms with Crippen LogP contribution >= 0.6 is 35.6 Å². The summed E-state index contributed by atoms with van der Waals surface area (Å²) in [6.07, 6.45) is -8.08. The van der Waals surface area contributed by atoms with E-state index >= 15 is 0 Å². The van der Waals surface area contributed by atoms with Gasteiger partial charge >= 0.3 is 12.4 Å². The Morgan fingerprint density at radius 2 is 1.61 bits per heavy atom. The number of hydrogen-bond donors (Lipinski definition) is 1. The summed E-state index contributed by atoms with van der Waals surface area (Å²) in [7, 11) is 1.68. The lowest BCUT2D eigenvalue weighted by molar-refractivity contribution is -0.143. The molecule has 1 N–H and O–H groups in total. The number of benzene rings is 3. The first-order valence-electron chi connectivity index (χ1n) is 19.0. The third-order valence-corrected chi connectivity index (χ3v) is 12.3. The molecule has 0 saturated carbocycles. The van der Waals surface area contributed by atoms with E-state index in [0.29, 0.717) is 63.3 Å². The van der Waals surface area contributed by atoms with Crippen LogP contribution in [0.15, 0.2) is 60.7 Å². The molecule has 2 amide bonds. The quantitative estimate of drug-likeness (QED) is 0.139. The number of carbonyl (C=O) groups excluding carboxylic acids is 2. The van der Waals surface area contributed by atoms with E-state index in [1.54, 1.807) is 30.1 Å². The number of halogens is 9. The van der Waals surface area contributed by atoms with E-state index in [2.05, 4.69) is 17.0 Å². The minimum absolute atomic E-state index is 0. The van der Waals surface area contributed by atoms with Gasteiger partial charge in [-0.15, -0.1) is 12.4 Å². The minimum atomic E-state index is -5.12. The molecule has 18 heteroatoms. The van der Waals surface area contributed by atoms with Gasteiger partial charge in [0.05, 0.1) is 60.2 Å². The molecule has 3 aromatic rings. The van der Waals surface area contributed by atoms with Crippen LogP contribution in [0, 0.1) is 0 Å². The molecule has 59 heavy (non-hydrogen) atoms. The van der Waals surface area contributed by atoms with Crippen molar-refractivity contribution in [3.8, 4) is 0 Å². The first-order valence-corrected chi connectivity index (χ1v) is 19.7. The van der Waals surface area contributed by atoms with Gasteiger partial charge in [0.15, 0.2) is 0 Å². The normalized spacial score (nSPS) is 20.6. The van der Waals surface area contributed by atoms with Crippen molar-refractivity contribution in [3.63, 3.8) is 0 Å². The maximum Gasteiger partial charge on any atom is 0.416 e. The van der Waals surface area contributed by atoms with E-state index in [9.17, 15) is 35.9 Å². The predicted octanol–water partition coefficient (Wildman–Crippen LogP) is 7.65. The van der Waals surface area contributed by atoms with E-state index in [-0.39, 0.29) is 85.5 Å². The van der Waals surface area contributed by atoms with Crippen molar-refractivity contribution in [1.29, 1.82) is 0 Å². The van der Waals surface area contributed by atoms with Gasteiger partial charge in [0.1, 0.15) is 12.2 Å². The largest absolute Gasteiger partial charge is 0.416 e. The Morgan fingerprint density at radius 3 is 2.25 bits per heavy atom. The van der Waals surface area contributed by atoms with E-state index in [1.807, 2.05) is 12.1 Å². The van der Waals surface area contributed by atoms with Crippen LogP contribution in [0.4, 0.5) is 26.3 Å². The predicted molar refractivity (Wildman–Crippen MR) is 211 cm³/mol. The van der Waals surface area contributed by atoms with Crippen molar-refractivity contribution >= 4 is 47.4 Å². The van der Waals surface area contributed by atoms with Crippen molar-refractivity contribution in [2.45, 2.75) is 55.2 Å². The third kappa shape index (κ3) is 10.7. The number of aliphatic hydroxyl groups excluding tert-OH is 1. The number of aliphatic hydroxyl groups is 1. The van der Waals surface area contributed by atoms with Crippen LogP contribution < -0.4 is 0 Å². The number of fused-ring (bicyclic) bond motifs is 2. The molecule has 0 aromatic heterocycles. The van der Waals surface area contributed by atoms with Gasteiger partial charge < -0.3 is 34.0 Å². The Morgan fingerprint density at radius 1 is 0.932 bits per heavy atom. The zero-order valence-electron chi connectivity index (χ0n) is 32.2. The molecule has 2 heterocycles. The monoisotopic (exact) mass is 895 g/mol. The maximum atomic E-state index is 13.8. The number of likely N-dealkylation sites (tertiary alicyclic amines) is 1. The van der Waals surface area contributed by atoms with Crippen LogP contribution in [0.25, 0.3) is 0 Å². The lowest BCUT2D eigenvalue weighted by Crippen LogP contribution is -2.54. The second kappa shape index (κ2) is 19.3. The van der Waals surface area contributed by atoms with Crippen molar-refractivity contribution in [3.05, 3.63) is 104 Å². The number of alkyl halides is 6. The van der Waals surface area contributed by atoms with Gasteiger partial charge in [-0.25, -0.2) is 0 Å². The molecule has 2 aliphatic heterocycles. The number of piperidine rings is 1. The van der Waals surface area contributed by atoms with E-state index in [0.717, 1.165) is 12.8 Å². The number of rotatable bonds is 13. The smallest absolute Gasteiger partial charge is 0.394 e. The molecule has 1 aliphatic carbocycles. The molecule has 324 valence electrons. The summed E-state index contributed by atoms with van der Waals surface area (Å²) >= 11 is 12.7. The number of ether oxygens (including phenoxy) is 3. The maximum absolute atomic E-state index is 13.8. The van der Waals surface area contributed by atoms with Crippen LogP contribution in [0.5, 0.6) is 0 Å². The Balaban J connectivity index is 0.00000661. The summed E-state index contributed by atoms with van der Waals surface area (Å²) in [4.78, 5) is 31.8. The number of likely N-dealkylation sites (N-methyl/N-ethyl adjacent to an activating group) is 1. The Labute approximate surface area is 354 Å². The molecule has 3 aromatic carbocycles. The van der Waals surface area contributed by atoms with Crippen LogP contribution in [0.2, 0.25) is 10.0 Å². The van der Waals surface area contributed by atoms with Crippen LogP contribution in [0.1, 0.15) is 57.4 Å². The molecule has 2 atom stereocenters. The SMILES string of the molecule is CN(CCOCCO)C(=O)CO[C@H]1Cc2ccccc2C12CCN(CC[C@@]1(c3ccc(Cl)c(Cl)c3)CN(C(=O)c3cc(C(F)(F)F)cc(C(F)(F)F)c3)CCO1)CC2.Cl. The van der Waals surface area contributed by atoms with Crippen LogP contribution in [0.3, 0.4) is 0 Å². The second-order valence-corrected chi connectivity index (χ2v) is 15.9. The van der Waals surface area contributed by atoms with Crippen molar-refractivity contribution in [2.75, 3.05) is 79.4 Å². The number of morpholine rings is 1. The molecule has 6 rings (SSSR count). The first kappa shape index (κ1) is 46.9. The average Bonchev–Trinajstić information content (AvgIpc) is 3.50. The summed E-state index contributed by atoms with van der Waals surface area (Å²) < 4.78 is 100. The fraction of sp³-hybridized carbons (Fsp3) is 0.512. The van der Waals surface area contributed by atoms with Gasteiger partial charge in [-0.1, -0.05) is 53.5 Å². The van der Waals surface area contributed by atoms with Gasteiger partial charge in [-0.2, -0.15) is 26.3 Å². The summed E-state index contributed by atoms with van der Waals surface area (Å²) in [5.74, 6) is -1.17. The average molecular weight is 897 g/mol. The molecule has 1 spiro atoms. The number of nitrogens with zero attached hydrogens (tertiary/aromatic N) is 3. The Kier molecular flexibility index (Phi) is 15.3. The topological polar surface area (TPSA) is 91.8 Å². The summed E-state index contributed by atoms with van der Waals surface area (Å²) in [5.41, 5.74) is -2.54. The van der Waals surface area contributed by atoms with Crippen molar-refractivity contribution in [1.82, 2.24) is 14.7 Å². The summed E-state index contributed by atoms with van der Waals surface area (Å²) in [6, 6.07) is 13.9. The summed E-state index contributed by atoms with van der Waals surface area (Å²) in [6.45, 7) is 2.13. The van der Waals surface area contributed by atoms with Gasteiger partial charge in [0.2, 0.25) is 5.91 Å². The van der Waals surface area contributed by atoms with Crippen molar-refractivity contribution in [2.24, 2.45) is 0 Å². The van der Waals surface area contributed by atoms with Gasteiger partial charge in [-0.3, -0.25) is 9.59 Å². The van der Waals surface area contributed by atoms with E-state index < -0.39 is 40.6 Å². The molecule has 0 radical (unpaired) electrons. The van der Waals surface area contributed by atoms with E-state index in [1.165, 1.54) is 16.0 Å². The Hall–Kier alpha value is -3.15. The second-order valence-electron chi connectivity index (χ2n) is 15.1. The Bertz CT molecular complexity index is 1910. The zero-order chi connectivity index (χ0) is 41.9. The molecular formula is C41H46Cl3F6N3O6. The minimum Gasteiger partial charge on any atom is -0.394 e. The molecule has 2 fully saturated rings. The van der Waals surface area contributed by atoms with Gasteiger partial charge in [0.25, 0.3) is 5.91 Å². The van der Waals surface area contributed by atoms with Gasteiger partial charge in [0, 0.05) is 37.7 Å². The summed E-state index contributed by atoms with van der Waals surface area (Å²) in [5, 5.41) is 9.41. The number of amides is 2. The highest BCUT2D eigenvalue weighted by molar-refractivity contribution is 6.42. The first-order chi connectivity index (χ1) is 27.5. The highest BCUT2D eigenvalue weighted by atomic mass is 35.5. The number of hydrogen-bond acceptors (Lipinski definition) is 7. The third-order valence-electron chi connectivity index (χ3n) is 11.5. The van der Waals surface area contributed by atoms with Crippen LogP contribution in [-0.4, -0.2) is 117 Å². The standard InChI is InChI=1S/C41H45Cl2F6N3O6.ClH/c1-50(14-17-56-19-16-53)36(54)25-57-35-22-27-4-2-3-5-32(27)38(35)8-11-51(12-9-38)13-10-39(29-6-7-33(42)34(43)24-29)26-52(15-18-58-39)37(55)28-20-30(40(44,45)46)23-31(21-28)41(47,48)49;/h2-7,20-21,23-24,35,53H,8-19,22,25-26H2,1H3;1H/t35-,39-;/m0./s1. The molecule has 0 unspecified atom stereocenters. The lowest BCUT2D eigenvalue weighted by atomic mass is 9.72. The van der Waals surface area contributed by atoms with Crippen molar-refractivity contribution < 1.29 is 55.2 Å². The molecule has 0 bridgehead atoms. The number of carbonyl (C=O) groups is 2. The fourth-order valence-corrected chi connectivity index (χ4v) is 8.62. The highest BCUT2D eigenvalue weighted by Gasteiger charge is 2.50.